The molecule has 1 amide bonds. The van der Waals surface area contributed by atoms with E-state index in [0.29, 0.717) is 38.5 Å². The Morgan fingerprint density at radius 3 is 2.80 bits per heavy atom. The van der Waals surface area contributed by atoms with E-state index in [9.17, 15) is 9.18 Å². The van der Waals surface area contributed by atoms with Crippen molar-refractivity contribution in [2.45, 2.75) is 25.6 Å². The standard InChI is InChI=1S/C18H26FN3O3/c1-13-17(20-5-10-25-13)18(23)22-8-6-21(7-9-22)12-14-11-15(19)3-4-16(14)24-2/h3-4,11,13,17,20H,5-10,12H2,1-2H3/t13-,17+/m1/s1. The average Bonchev–Trinajstić information content (AvgIpc) is 2.62. The molecule has 138 valence electrons. The minimum Gasteiger partial charge on any atom is -0.496 e. The summed E-state index contributed by atoms with van der Waals surface area (Å²) in [6.07, 6.45) is -0.101. The number of amides is 1. The maximum atomic E-state index is 13.5. The van der Waals surface area contributed by atoms with Crippen LogP contribution >= 0.6 is 0 Å². The molecule has 2 saturated heterocycles. The van der Waals surface area contributed by atoms with Crippen LogP contribution in [0, 0.1) is 5.82 Å². The van der Waals surface area contributed by atoms with Crippen LogP contribution < -0.4 is 10.1 Å². The first-order valence-electron chi connectivity index (χ1n) is 8.77. The summed E-state index contributed by atoms with van der Waals surface area (Å²) in [4.78, 5) is 16.8. The lowest BCUT2D eigenvalue weighted by atomic mass is 10.1. The first-order valence-corrected chi connectivity index (χ1v) is 8.77. The highest BCUT2D eigenvalue weighted by Crippen LogP contribution is 2.22. The van der Waals surface area contributed by atoms with Gasteiger partial charge in [0.15, 0.2) is 0 Å². The topological polar surface area (TPSA) is 54.0 Å². The van der Waals surface area contributed by atoms with Gasteiger partial charge in [0.25, 0.3) is 0 Å². The Labute approximate surface area is 147 Å². The lowest BCUT2D eigenvalue weighted by molar-refractivity contribution is -0.141. The first kappa shape index (κ1) is 18.1. The van der Waals surface area contributed by atoms with Crippen LogP contribution in [0.4, 0.5) is 4.39 Å². The number of methoxy groups -OCH3 is 1. The molecule has 0 aliphatic carbocycles. The van der Waals surface area contributed by atoms with E-state index >= 15 is 0 Å². The Balaban J connectivity index is 1.55. The molecule has 2 heterocycles. The highest BCUT2D eigenvalue weighted by atomic mass is 19.1. The predicted octanol–water partition coefficient (Wildman–Crippen LogP) is 0.855. The normalized spacial score (nSPS) is 25.0. The number of hydrogen-bond acceptors (Lipinski definition) is 5. The number of nitrogens with zero attached hydrogens (tertiary/aromatic N) is 2. The molecule has 0 saturated carbocycles. The van der Waals surface area contributed by atoms with Gasteiger partial charge in [0.05, 0.1) is 19.8 Å². The third kappa shape index (κ3) is 4.29. The van der Waals surface area contributed by atoms with Gasteiger partial charge in [0, 0.05) is 44.8 Å². The fraction of sp³-hybridized carbons (Fsp3) is 0.611. The molecule has 25 heavy (non-hydrogen) atoms. The molecule has 0 bridgehead atoms. The Kier molecular flexibility index (Phi) is 5.88. The number of carbonyl (C=O) groups excluding carboxylic acids is 1. The van der Waals surface area contributed by atoms with Crippen molar-refractivity contribution in [3.63, 3.8) is 0 Å². The van der Waals surface area contributed by atoms with Crippen molar-refractivity contribution in [2.75, 3.05) is 46.4 Å². The summed E-state index contributed by atoms with van der Waals surface area (Å²) in [5.74, 6) is 0.537. The monoisotopic (exact) mass is 351 g/mol. The molecular weight excluding hydrogens is 325 g/mol. The van der Waals surface area contributed by atoms with E-state index < -0.39 is 0 Å². The van der Waals surface area contributed by atoms with E-state index in [0.717, 1.165) is 18.7 Å². The number of carbonyl (C=O) groups is 1. The maximum absolute atomic E-state index is 13.5. The van der Waals surface area contributed by atoms with Crippen molar-refractivity contribution in [3.8, 4) is 5.75 Å². The molecule has 1 aromatic carbocycles. The summed E-state index contributed by atoms with van der Waals surface area (Å²) < 4.78 is 24.4. The molecule has 3 rings (SSSR count). The van der Waals surface area contributed by atoms with Gasteiger partial charge in [-0.3, -0.25) is 9.69 Å². The molecule has 0 unspecified atom stereocenters. The van der Waals surface area contributed by atoms with Crippen LogP contribution in [-0.2, 0) is 16.1 Å². The third-order valence-corrected chi connectivity index (χ3v) is 4.90. The van der Waals surface area contributed by atoms with Crippen LogP contribution in [-0.4, -0.2) is 74.3 Å². The zero-order chi connectivity index (χ0) is 17.8. The van der Waals surface area contributed by atoms with E-state index in [4.69, 9.17) is 9.47 Å². The van der Waals surface area contributed by atoms with Crippen LogP contribution in [0.3, 0.4) is 0 Å². The van der Waals surface area contributed by atoms with Gasteiger partial charge in [-0.1, -0.05) is 0 Å². The number of benzene rings is 1. The van der Waals surface area contributed by atoms with Gasteiger partial charge in [-0.15, -0.1) is 0 Å². The number of morpholine rings is 1. The largest absolute Gasteiger partial charge is 0.496 e. The van der Waals surface area contributed by atoms with Crippen LogP contribution in [0.2, 0.25) is 0 Å². The molecule has 0 spiro atoms. The quantitative estimate of drug-likeness (QED) is 0.872. The summed E-state index contributed by atoms with van der Waals surface area (Å²) in [7, 11) is 1.59. The van der Waals surface area contributed by atoms with Crippen LogP contribution in [0.1, 0.15) is 12.5 Å². The van der Waals surface area contributed by atoms with Gasteiger partial charge in [0.1, 0.15) is 17.6 Å². The Bertz CT molecular complexity index is 605. The zero-order valence-corrected chi connectivity index (χ0v) is 14.8. The lowest BCUT2D eigenvalue weighted by Crippen LogP contribution is -2.59. The summed E-state index contributed by atoms with van der Waals surface area (Å²) in [5, 5.41) is 3.25. The first-order chi connectivity index (χ1) is 12.1. The number of nitrogens with one attached hydrogen (secondary N) is 1. The molecule has 1 N–H and O–H groups in total. The number of ether oxygens (including phenoxy) is 2. The molecule has 0 aromatic heterocycles. The van der Waals surface area contributed by atoms with Crippen molar-refractivity contribution in [3.05, 3.63) is 29.6 Å². The molecule has 6 nitrogen and oxygen atoms in total. The SMILES string of the molecule is COc1ccc(F)cc1CN1CCN(C(=O)[C@H]2NCCO[C@@H]2C)CC1. The second-order valence-corrected chi connectivity index (χ2v) is 6.57. The Hall–Kier alpha value is -1.70. The van der Waals surface area contributed by atoms with Crippen molar-refractivity contribution >= 4 is 5.91 Å². The maximum Gasteiger partial charge on any atom is 0.242 e. The van der Waals surface area contributed by atoms with Crippen LogP contribution in [0.25, 0.3) is 0 Å². The summed E-state index contributed by atoms with van der Waals surface area (Å²) in [6, 6.07) is 4.31. The number of hydrogen-bond donors (Lipinski definition) is 1. The average molecular weight is 351 g/mol. The van der Waals surface area contributed by atoms with Gasteiger partial charge in [0.2, 0.25) is 5.91 Å². The van der Waals surface area contributed by atoms with Gasteiger partial charge in [-0.05, 0) is 25.1 Å². The van der Waals surface area contributed by atoms with E-state index in [1.807, 2.05) is 11.8 Å². The van der Waals surface area contributed by atoms with E-state index in [1.165, 1.54) is 12.1 Å². The van der Waals surface area contributed by atoms with E-state index in [1.54, 1.807) is 13.2 Å². The zero-order valence-electron chi connectivity index (χ0n) is 14.8. The molecule has 2 atom stereocenters. The van der Waals surface area contributed by atoms with Gasteiger partial charge >= 0.3 is 0 Å². The van der Waals surface area contributed by atoms with Crippen molar-refractivity contribution in [1.29, 1.82) is 0 Å². The van der Waals surface area contributed by atoms with Crippen LogP contribution in [0.5, 0.6) is 5.75 Å². The number of piperazine rings is 1. The number of rotatable bonds is 4. The van der Waals surface area contributed by atoms with Gasteiger partial charge < -0.3 is 19.7 Å². The molecule has 2 fully saturated rings. The molecule has 2 aliphatic heterocycles. The number of halogens is 1. The lowest BCUT2D eigenvalue weighted by Gasteiger charge is -2.38. The predicted molar refractivity (Wildman–Crippen MR) is 92.0 cm³/mol. The molecule has 7 heteroatoms. The second-order valence-electron chi connectivity index (χ2n) is 6.57. The summed E-state index contributed by atoms with van der Waals surface area (Å²) >= 11 is 0. The van der Waals surface area contributed by atoms with Gasteiger partial charge in [-0.25, -0.2) is 4.39 Å². The van der Waals surface area contributed by atoms with E-state index in [-0.39, 0.29) is 23.9 Å². The smallest absolute Gasteiger partial charge is 0.242 e. The highest BCUT2D eigenvalue weighted by Gasteiger charge is 2.33. The summed E-state index contributed by atoms with van der Waals surface area (Å²) in [5.41, 5.74) is 0.832. The summed E-state index contributed by atoms with van der Waals surface area (Å²) in [6.45, 7) is 6.75. The second kappa shape index (κ2) is 8.12. The minimum atomic E-state index is -0.262. The Morgan fingerprint density at radius 1 is 1.36 bits per heavy atom. The van der Waals surface area contributed by atoms with Crippen molar-refractivity contribution in [2.24, 2.45) is 0 Å². The van der Waals surface area contributed by atoms with Crippen molar-refractivity contribution < 1.29 is 18.7 Å². The highest BCUT2D eigenvalue weighted by molar-refractivity contribution is 5.82. The molecule has 2 aliphatic rings. The van der Waals surface area contributed by atoms with E-state index in [2.05, 4.69) is 10.2 Å². The van der Waals surface area contributed by atoms with Crippen molar-refractivity contribution in [1.82, 2.24) is 15.1 Å². The fourth-order valence-corrected chi connectivity index (χ4v) is 3.44. The third-order valence-electron chi connectivity index (χ3n) is 4.90. The molecular formula is C18H26FN3O3. The van der Waals surface area contributed by atoms with Crippen LogP contribution in [0.15, 0.2) is 18.2 Å². The fourth-order valence-electron chi connectivity index (χ4n) is 3.44. The Morgan fingerprint density at radius 2 is 2.12 bits per heavy atom. The molecule has 0 radical (unpaired) electrons. The van der Waals surface area contributed by atoms with Gasteiger partial charge in [-0.2, -0.15) is 0 Å². The minimum absolute atomic E-state index is 0.101. The molecule has 1 aromatic rings.